The molecule has 3 nitrogen and oxygen atoms in total. The van der Waals surface area contributed by atoms with Gasteiger partial charge in [0.25, 0.3) is 0 Å². The molecule has 17 heavy (non-hydrogen) atoms. The van der Waals surface area contributed by atoms with Gasteiger partial charge in [-0.2, -0.15) is 5.10 Å². The lowest BCUT2D eigenvalue weighted by molar-refractivity contribution is 0.334. The van der Waals surface area contributed by atoms with Crippen molar-refractivity contribution in [3.63, 3.8) is 0 Å². The van der Waals surface area contributed by atoms with Crippen LogP contribution >= 0.6 is 0 Å². The lowest BCUT2D eigenvalue weighted by Crippen LogP contribution is -2.20. The molecule has 1 aliphatic rings. The van der Waals surface area contributed by atoms with Gasteiger partial charge in [-0.25, -0.2) is 4.52 Å². The first-order valence-corrected chi connectivity index (χ1v) is 6.56. The van der Waals surface area contributed by atoms with E-state index in [-0.39, 0.29) is 0 Å². The Balaban J connectivity index is 1.56. The standard InChI is InChI=1S/C14H19N3/c1-2-10-16(9-1)11-3-4-13-5-6-14-7-8-15-17(14)12-13/h5-8,12H,1-4,9-11H2. The molecule has 90 valence electrons. The highest BCUT2D eigenvalue weighted by Crippen LogP contribution is 2.11. The smallest absolute Gasteiger partial charge is 0.0661 e. The minimum atomic E-state index is 1.16. The Hall–Kier alpha value is -1.35. The van der Waals surface area contributed by atoms with Gasteiger partial charge in [0.05, 0.1) is 5.52 Å². The summed E-state index contributed by atoms with van der Waals surface area (Å²) in [4.78, 5) is 2.58. The monoisotopic (exact) mass is 229 g/mol. The van der Waals surface area contributed by atoms with Crippen molar-refractivity contribution < 1.29 is 0 Å². The van der Waals surface area contributed by atoms with E-state index in [1.165, 1.54) is 50.0 Å². The number of nitrogens with zero attached hydrogens (tertiary/aromatic N) is 3. The number of aryl methyl sites for hydroxylation is 1. The summed E-state index contributed by atoms with van der Waals surface area (Å²) in [5.41, 5.74) is 2.56. The maximum absolute atomic E-state index is 4.27. The fourth-order valence-electron chi connectivity index (χ4n) is 2.62. The summed E-state index contributed by atoms with van der Waals surface area (Å²) in [6, 6.07) is 6.41. The topological polar surface area (TPSA) is 20.5 Å². The van der Waals surface area contributed by atoms with E-state index in [0.29, 0.717) is 0 Å². The number of rotatable bonds is 4. The molecule has 0 spiro atoms. The summed E-state index contributed by atoms with van der Waals surface area (Å²) in [6.07, 6.45) is 9.19. The van der Waals surface area contributed by atoms with E-state index in [2.05, 4.69) is 28.3 Å². The fourth-order valence-corrected chi connectivity index (χ4v) is 2.62. The van der Waals surface area contributed by atoms with Gasteiger partial charge in [-0.15, -0.1) is 0 Å². The van der Waals surface area contributed by atoms with E-state index < -0.39 is 0 Å². The molecule has 3 heteroatoms. The Morgan fingerprint density at radius 3 is 2.88 bits per heavy atom. The molecular weight excluding hydrogens is 210 g/mol. The van der Waals surface area contributed by atoms with Crippen LogP contribution < -0.4 is 0 Å². The van der Waals surface area contributed by atoms with Crippen molar-refractivity contribution >= 4 is 5.52 Å². The predicted octanol–water partition coefficient (Wildman–Crippen LogP) is 2.36. The van der Waals surface area contributed by atoms with Crippen LogP contribution in [-0.2, 0) is 6.42 Å². The third-order valence-corrected chi connectivity index (χ3v) is 3.60. The van der Waals surface area contributed by atoms with Crippen molar-refractivity contribution in [2.45, 2.75) is 25.7 Å². The maximum Gasteiger partial charge on any atom is 0.0661 e. The molecule has 0 unspecified atom stereocenters. The van der Waals surface area contributed by atoms with E-state index in [4.69, 9.17) is 0 Å². The van der Waals surface area contributed by atoms with Crippen molar-refractivity contribution in [2.24, 2.45) is 0 Å². The van der Waals surface area contributed by atoms with Crippen molar-refractivity contribution in [3.8, 4) is 0 Å². The zero-order valence-electron chi connectivity index (χ0n) is 10.2. The SMILES string of the molecule is c1cc2ccc(CCCN3CCCC3)cn2n1. The minimum Gasteiger partial charge on any atom is -0.303 e. The molecule has 0 N–H and O–H groups in total. The van der Waals surface area contributed by atoms with Gasteiger partial charge in [-0.3, -0.25) is 0 Å². The van der Waals surface area contributed by atoms with Crippen molar-refractivity contribution in [2.75, 3.05) is 19.6 Å². The number of fused-ring (bicyclic) bond motifs is 1. The highest BCUT2D eigenvalue weighted by molar-refractivity contribution is 5.45. The van der Waals surface area contributed by atoms with Gasteiger partial charge in [0.15, 0.2) is 0 Å². The first-order chi connectivity index (χ1) is 8.42. The highest BCUT2D eigenvalue weighted by Gasteiger charge is 2.10. The van der Waals surface area contributed by atoms with E-state index in [1.54, 1.807) is 0 Å². The third kappa shape index (κ3) is 2.50. The van der Waals surface area contributed by atoms with Crippen molar-refractivity contribution in [1.29, 1.82) is 0 Å². The molecule has 0 bridgehead atoms. The molecule has 1 saturated heterocycles. The van der Waals surface area contributed by atoms with Crippen LogP contribution in [0.4, 0.5) is 0 Å². The predicted molar refractivity (Wildman–Crippen MR) is 69.2 cm³/mol. The number of hydrogen-bond donors (Lipinski definition) is 0. The molecule has 0 atom stereocenters. The summed E-state index contributed by atoms with van der Waals surface area (Å²) in [5, 5.41) is 4.27. The summed E-state index contributed by atoms with van der Waals surface area (Å²) in [7, 11) is 0. The Kier molecular flexibility index (Phi) is 3.10. The van der Waals surface area contributed by atoms with Crippen molar-refractivity contribution in [1.82, 2.24) is 14.5 Å². The zero-order chi connectivity index (χ0) is 11.5. The average Bonchev–Trinajstić information content (AvgIpc) is 2.98. The van der Waals surface area contributed by atoms with Gasteiger partial charge < -0.3 is 4.90 Å². The molecule has 0 aliphatic carbocycles. The van der Waals surface area contributed by atoms with Crippen LogP contribution in [0.5, 0.6) is 0 Å². The number of aromatic nitrogens is 2. The Labute approximate surface area is 102 Å². The van der Waals surface area contributed by atoms with Crippen LogP contribution in [0.1, 0.15) is 24.8 Å². The molecule has 1 aliphatic heterocycles. The van der Waals surface area contributed by atoms with Crippen LogP contribution in [0, 0.1) is 0 Å². The first kappa shape index (κ1) is 10.8. The number of likely N-dealkylation sites (tertiary alicyclic amines) is 1. The maximum atomic E-state index is 4.27. The van der Waals surface area contributed by atoms with Gasteiger partial charge in [0, 0.05) is 12.4 Å². The largest absolute Gasteiger partial charge is 0.303 e. The molecule has 3 rings (SSSR count). The second-order valence-electron chi connectivity index (χ2n) is 4.89. The van der Waals surface area contributed by atoms with E-state index in [9.17, 15) is 0 Å². The Morgan fingerprint density at radius 1 is 1.12 bits per heavy atom. The molecule has 0 aromatic carbocycles. The molecule has 0 amide bonds. The quantitative estimate of drug-likeness (QED) is 0.802. The summed E-state index contributed by atoms with van der Waals surface area (Å²) in [5.74, 6) is 0. The van der Waals surface area contributed by atoms with Crippen LogP contribution in [0.2, 0.25) is 0 Å². The van der Waals surface area contributed by atoms with Gasteiger partial charge >= 0.3 is 0 Å². The van der Waals surface area contributed by atoms with E-state index in [1.807, 2.05) is 16.8 Å². The fraction of sp³-hybridized carbons (Fsp3) is 0.500. The molecule has 3 heterocycles. The molecule has 0 saturated carbocycles. The summed E-state index contributed by atoms with van der Waals surface area (Å²) >= 11 is 0. The van der Waals surface area contributed by atoms with Gasteiger partial charge in [-0.1, -0.05) is 6.07 Å². The van der Waals surface area contributed by atoms with Crippen LogP contribution in [0.15, 0.2) is 30.6 Å². The van der Waals surface area contributed by atoms with Crippen LogP contribution in [0.3, 0.4) is 0 Å². The molecule has 2 aromatic heterocycles. The normalized spacial score (nSPS) is 16.9. The van der Waals surface area contributed by atoms with E-state index >= 15 is 0 Å². The lowest BCUT2D eigenvalue weighted by atomic mass is 10.1. The zero-order valence-corrected chi connectivity index (χ0v) is 10.2. The van der Waals surface area contributed by atoms with E-state index in [0.717, 1.165) is 6.42 Å². The second kappa shape index (κ2) is 4.88. The Morgan fingerprint density at radius 2 is 2.00 bits per heavy atom. The van der Waals surface area contributed by atoms with Gasteiger partial charge in [-0.05, 0) is 63.0 Å². The number of hydrogen-bond acceptors (Lipinski definition) is 2. The van der Waals surface area contributed by atoms with Crippen LogP contribution in [0.25, 0.3) is 5.52 Å². The highest BCUT2D eigenvalue weighted by atomic mass is 15.2. The molecule has 2 aromatic rings. The minimum absolute atomic E-state index is 1.16. The summed E-state index contributed by atoms with van der Waals surface area (Å²) < 4.78 is 1.96. The van der Waals surface area contributed by atoms with Gasteiger partial charge in [0.2, 0.25) is 0 Å². The third-order valence-electron chi connectivity index (χ3n) is 3.60. The average molecular weight is 229 g/mol. The lowest BCUT2D eigenvalue weighted by Gasteiger charge is -2.13. The van der Waals surface area contributed by atoms with Crippen molar-refractivity contribution in [3.05, 3.63) is 36.2 Å². The van der Waals surface area contributed by atoms with Gasteiger partial charge in [0.1, 0.15) is 0 Å². The first-order valence-electron chi connectivity index (χ1n) is 6.56. The second-order valence-corrected chi connectivity index (χ2v) is 4.89. The van der Waals surface area contributed by atoms with Crippen LogP contribution in [-0.4, -0.2) is 34.1 Å². The Bertz CT molecular complexity index is 483. The molecular formula is C14H19N3. The number of pyridine rings is 1. The molecule has 0 radical (unpaired) electrons. The molecule has 1 fully saturated rings. The summed E-state index contributed by atoms with van der Waals surface area (Å²) in [6.45, 7) is 3.85.